The summed E-state index contributed by atoms with van der Waals surface area (Å²) in [6.45, 7) is 1.80. The molecule has 0 radical (unpaired) electrons. The number of hydrazone groups is 1. The second-order valence-electron chi connectivity index (χ2n) is 7.51. The van der Waals surface area contributed by atoms with Crippen molar-refractivity contribution in [2.45, 2.75) is 6.92 Å². The topological polar surface area (TPSA) is 73.8 Å². The molecule has 2 N–H and O–H groups in total. The molecule has 3 aromatic rings. The highest BCUT2D eigenvalue weighted by Crippen LogP contribution is 2.15. The number of rotatable bonds is 7. The van der Waals surface area contributed by atoms with Crippen LogP contribution in [0.5, 0.6) is 0 Å². The van der Waals surface area contributed by atoms with Crippen LogP contribution in [0.1, 0.15) is 28.4 Å². The van der Waals surface area contributed by atoms with Crippen LogP contribution in [0.4, 0.5) is 5.69 Å². The van der Waals surface area contributed by atoms with Gasteiger partial charge in [-0.1, -0.05) is 58.4 Å². The van der Waals surface area contributed by atoms with E-state index in [9.17, 15) is 9.59 Å². The quantitative estimate of drug-likeness (QED) is 0.275. The monoisotopic (exact) mass is 504 g/mol. The number of hydrogen-bond donors (Lipinski definition) is 2. The first-order valence-corrected chi connectivity index (χ1v) is 11.1. The van der Waals surface area contributed by atoms with Crippen LogP contribution in [0, 0.1) is 0 Å². The molecular formula is C26H25BrN4O2. The standard InChI is InChI=1S/C26H25BrN4O2/c1-18(20-11-13-22(27)14-12-20)29-30-26(33)24(28-25(32)21-7-5-4-6-8-21)17-19-9-15-23(16-10-19)31(2)3/h4-17H,1-3H3,(H,28,32)(H,30,33)/b24-17+,29-18+. The van der Waals surface area contributed by atoms with Crippen molar-refractivity contribution in [2.24, 2.45) is 5.10 Å². The Morgan fingerprint density at radius 1 is 0.879 bits per heavy atom. The number of carbonyl (C=O) groups excluding carboxylic acids is 2. The summed E-state index contributed by atoms with van der Waals surface area (Å²) < 4.78 is 0.956. The number of hydrogen-bond acceptors (Lipinski definition) is 4. The zero-order valence-electron chi connectivity index (χ0n) is 18.7. The van der Waals surface area contributed by atoms with Gasteiger partial charge in [0.25, 0.3) is 11.8 Å². The fourth-order valence-electron chi connectivity index (χ4n) is 2.93. The van der Waals surface area contributed by atoms with Gasteiger partial charge in [-0.3, -0.25) is 9.59 Å². The van der Waals surface area contributed by atoms with Crippen molar-refractivity contribution in [1.29, 1.82) is 0 Å². The third-order valence-electron chi connectivity index (χ3n) is 4.84. The van der Waals surface area contributed by atoms with Crippen molar-refractivity contribution in [3.05, 3.63) is 106 Å². The van der Waals surface area contributed by atoms with Crippen LogP contribution < -0.4 is 15.6 Å². The number of benzene rings is 3. The summed E-state index contributed by atoms with van der Waals surface area (Å²) in [6.07, 6.45) is 1.63. The lowest BCUT2D eigenvalue weighted by Gasteiger charge is -2.13. The Bertz CT molecular complexity index is 1170. The molecule has 0 aliphatic heterocycles. The molecule has 33 heavy (non-hydrogen) atoms. The summed E-state index contributed by atoms with van der Waals surface area (Å²) in [5.41, 5.74) is 6.40. The molecule has 0 aliphatic carbocycles. The molecule has 0 aromatic heterocycles. The predicted molar refractivity (Wildman–Crippen MR) is 137 cm³/mol. The van der Waals surface area contributed by atoms with Gasteiger partial charge in [0.15, 0.2) is 0 Å². The fraction of sp³-hybridized carbons (Fsp3) is 0.115. The minimum absolute atomic E-state index is 0.0915. The predicted octanol–water partition coefficient (Wildman–Crippen LogP) is 4.83. The third kappa shape index (κ3) is 6.89. The van der Waals surface area contributed by atoms with Crippen LogP contribution in [-0.2, 0) is 4.79 Å². The molecule has 0 fully saturated rings. The van der Waals surface area contributed by atoms with E-state index >= 15 is 0 Å². The largest absolute Gasteiger partial charge is 0.378 e. The van der Waals surface area contributed by atoms with Gasteiger partial charge in [0.1, 0.15) is 5.70 Å². The second kappa shape index (κ2) is 11.2. The van der Waals surface area contributed by atoms with Crippen molar-refractivity contribution in [1.82, 2.24) is 10.7 Å². The van der Waals surface area contributed by atoms with Crippen LogP contribution in [0.3, 0.4) is 0 Å². The highest BCUT2D eigenvalue weighted by Gasteiger charge is 2.14. The Kier molecular flexibility index (Phi) is 8.16. The van der Waals surface area contributed by atoms with E-state index in [2.05, 4.69) is 31.8 Å². The van der Waals surface area contributed by atoms with Gasteiger partial charge in [0.2, 0.25) is 0 Å². The molecule has 0 saturated heterocycles. The molecule has 168 valence electrons. The molecule has 0 saturated carbocycles. The van der Waals surface area contributed by atoms with E-state index in [-0.39, 0.29) is 11.6 Å². The van der Waals surface area contributed by atoms with Crippen LogP contribution in [0.25, 0.3) is 6.08 Å². The molecule has 0 atom stereocenters. The Hall–Kier alpha value is -3.71. The van der Waals surface area contributed by atoms with E-state index in [1.807, 2.05) is 73.6 Å². The van der Waals surface area contributed by atoms with Crippen molar-refractivity contribution in [3.63, 3.8) is 0 Å². The van der Waals surface area contributed by atoms with E-state index in [0.717, 1.165) is 21.3 Å². The summed E-state index contributed by atoms with van der Waals surface area (Å²) in [7, 11) is 3.91. The molecule has 0 bridgehead atoms. The SMILES string of the molecule is C/C(=N\NC(=O)/C(=C\c1ccc(N(C)C)cc1)NC(=O)c1ccccc1)c1ccc(Br)cc1. The minimum atomic E-state index is -0.521. The molecule has 7 heteroatoms. The highest BCUT2D eigenvalue weighted by atomic mass is 79.9. The van der Waals surface area contributed by atoms with Gasteiger partial charge in [0.05, 0.1) is 5.71 Å². The maximum Gasteiger partial charge on any atom is 0.287 e. The molecule has 2 amide bonds. The number of amides is 2. The molecule has 0 spiro atoms. The number of nitrogens with one attached hydrogen (secondary N) is 2. The van der Waals surface area contributed by atoms with Gasteiger partial charge < -0.3 is 10.2 Å². The lowest BCUT2D eigenvalue weighted by molar-refractivity contribution is -0.117. The highest BCUT2D eigenvalue weighted by molar-refractivity contribution is 9.10. The maximum atomic E-state index is 13.0. The minimum Gasteiger partial charge on any atom is -0.378 e. The van der Waals surface area contributed by atoms with E-state index in [1.54, 1.807) is 37.3 Å². The van der Waals surface area contributed by atoms with E-state index in [4.69, 9.17) is 0 Å². The summed E-state index contributed by atoms with van der Waals surface area (Å²) in [6, 6.07) is 24.0. The zero-order chi connectivity index (χ0) is 23.8. The first-order chi connectivity index (χ1) is 15.8. The smallest absolute Gasteiger partial charge is 0.287 e. The van der Waals surface area contributed by atoms with Crippen LogP contribution in [-0.4, -0.2) is 31.6 Å². The van der Waals surface area contributed by atoms with E-state index in [1.165, 1.54) is 0 Å². The van der Waals surface area contributed by atoms with Crippen LogP contribution in [0.15, 0.2) is 94.1 Å². The normalized spacial score (nSPS) is 11.6. The van der Waals surface area contributed by atoms with E-state index in [0.29, 0.717) is 11.3 Å². The van der Waals surface area contributed by atoms with Gasteiger partial charge in [-0.25, -0.2) is 5.43 Å². The van der Waals surface area contributed by atoms with Gasteiger partial charge in [-0.15, -0.1) is 0 Å². The number of halogens is 1. The second-order valence-corrected chi connectivity index (χ2v) is 8.42. The average molecular weight is 505 g/mol. The summed E-state index contributed by atoms with van der Waals surface area (Å²) in [5, 5.41) is 6.92. The Morgan fingerprint density at radius 2 is 1.52 bits per heavy atom. The third-order valence-corrected chi connectivity index (χ3v) is 5.37. The van der Waals surface area contributed by atoms with Crippen molar-refractivity contribution in [3.8, 4) is 0 Å². The molecule has 0 unspecified atom stereocenters. The van der Waals surface area contributed by atoms with Gasteiger partial charge >= 0.3 is 0 Å². The first kappa shape index (κ1) is 23.9. The zero-order valence-corrected chi connectivity index (χ0v) is 20.3. The molecule has 6 nitrogen and oxygen atoms in total. The van der Waals surface area contributed by atoms with Crippen molar-refractivity contribution >= 4 is 45.2 Å². The fourth-order valence-corrected chi connectivity index (χ4v) is 3.19. The van der Waals surface area contributed by atoms with Gasteiger partial charge in [-0.2, -0.15) is 5.10 Å². The lowest BCUT2D eigenvalue weighted by Crippen LogP contribution is -2.33. The van der Waals surface area contributed by atoms with Gasteiger partial charge in [0, 0.05) is 29.8 Å². The number of carbonyl (C=O) groups is 2. The Labute approximate surface area is 202 Å². The Morgan fingerprint density at radius 3 is 2.12 bits per heavy atom. The average Bonchev–Trinajstić information content (AvgIpc) is 2.83. The summed E-state index contributed by atoms with van der Waals surface area (Å²) >= 11 is 3.40. The first-order valence-electron chi connectivity index (χ1n) is 10.3. The van der Waals surface area contributed by atoms with Gasteiger partial charge in [-0.05, 0) is 60.5 Å². The lowest BCUT2D eigenvalue weighted by atomic mass is 10.1. The van der Waals surface area contributed by atoms with Crippen LogP contribution >= 0.6 is 15.9 Å². The molecule has 3 rings (SSSR count). The van der Waals surface area contributed by atoms with Crippen molar-refractivity contribution < 1.29 is 9.59 Å². The Balaban J connectivity index is 1.84. The maximum absolute atomic E-state index is 13.0. The van der Waals surface area contributed by atoms with Crippen LogP contribution in [0.2, 0.25) is 0 Å². The van der Waals surface area contributed by atoms with E-state index < -0.39 is 5.91 Å². The number of nitrogens with zero attached hydrogens (tertiary/aromatic N) is 2. The molecule has 0 aliphatic rings. The number of anilines is 1. The van der Waals surface area contributed by atoms with Crippen molar-refractivity contribution in [2.75, 3.05) is 19.0 Å². The molecule has 3 aromatic carbocycles. The molecular weight excluding hydrogens is 480 g/mol. The summed E-state index contributed by atoms with van der Waals surface area (Å²) in [4.78, 5) is 27.7. The summed E-state index contributed by atoms with van der Waals surface area (Å²) in [5.74, 6) is -0.900. The molecule has 0 heterocycles.